The van der Waals surface area contributed by atoms with Crippen molar-refractivity contribution in [3.8, 4) is 0 Å². The molecule has 3 rings (SSSR count). The molecule has 6 nitrogen and oxygen atoms in total. The predicted molar refractivity (Wildman–Crippen MR) is 81.0 cm³/mol. The molecule has 0 spiro atoms. The first kappa shape index (κ1) is 15.0. The van der Waals surface area contributed by atoms with E-state index in [1.54, 1.807) is 19.1 Å². The Labute approximate surface area is 129 Å². The van der Waals surface area contributed by atoms with Gasteiger partial charge in [0.1, 0.15) is 6.04 Å². The molecule has 2 aliphatic heterocycles. The summed E-state index contributed by atoms with van der Waals surface area (Å²) in [6, 6.07) is 6.33. The fourth-order valence-corrected chi connectivity index (χ4v) is 4.64. The van der Waals surface area contributed by atoms with Crippen molar-refractivity contribution < 1.29 is 18.0 Å². The summed E-state index contributed by atoms with van der Waals surface area (Å²) in [4.78, 5) is 26.1. The number of nitrogens with one attached hydrogen (secondary N) is 1. The molecule has 2 amide bonds. The van der Waals surface area contributed by atoms with Gasteiger partial charge in [-0.15, -0.1) is 0 Å². The zero-order valence-corrected chi connectivity index (χ0v) is 13.1. The number of carbonyl (C=O) groups excluding carboxylic acids is 2. The van der Waals surface area contributed by atoms with Gasteiger partial charge in [0.05, 0.1) is 11.5 Å². The van der Waals surface area contributed by atoms with Gasteiger partial charge in [0.25, 0.3) is 5.91 Å². The molecule has 7 heteroatoms. The van der Waals surface area contributed by atoms with Crippen molar-refractivity contribution in [2.75, 3.05) is 11.5 Å². The lowest BCUT2D eigenvalue weighted by atomic mass is 10.1. The van der Waals surface area contributed by atoms with Crippen LogP contribution in [-0.4, -0.2) is 48.7 Å². The zero-order valence-electron chi connectivity index (χ0n) is 12.3. The number of benzene rings is 1. The Hall–Kier alpha value is -1.89. The van der Waals surface area contributed by atoms with Crippen LogP contribution in [0, 0.1) is 0 Å². The van der Waals surface area contributed by atoms with E-state index in [4.69, 9.17) is 0 Å². The minimum Gasteiger partial charge on any atom is -0.351 e. The quantitative estimate of drug-likeness (QED) is 0.869. The summed E-state index contributed by atoms with van der Waals surface area (Å²) in [7, 11) is -3.04. The van der Waals surface area contributed by atoms with E-state index in [0.29, 0.717) is 18.5 Å². The zero-order chi connectivity index (χ0) is 15.9. The Morgan fingerprint density at radius 3 is 2.73 bits per heavy atom. The molecular weight excluding hydrogens is 304 g/mol. The third-order valence-electron chi connectivity index (χ3n) is 4.28. The van der Waals surface area contributed by atoms with Gasteiger partial charge in [0.15, 0.2) is 9.84 Å². The van der Waals surface area contributed by atoms with Gasteiger partial charge in [-0.2, -0.15) is 0 Å². The summed E-state index contributed by atoms with van der Waals surface area (Å²) >= 11 is 0. The van der Waals surface area contributed by atoms with Crippen molar-refractivity contribution in [3.63, 3.8) is 0 Å². The molecule has 2 heterocycles. The molecule has 22 heavy (non-hydrogen) atoms. The number of sulfone groups is 1. The lowest BCUT2D eigenvalue weighted by Gasteiger charge is -2.24. The number of hydrogen-bond acceptors (Lipinski definition) is 4. The Kier molecular flexibility index (Phi) is 3.68. The highest BCUT2D eigenvalue weighted by Gasteiger charge is 2.35. The van der Waals surface area contributed by atoms with E-state index in [2.05, 4.69) is 5.32 Å². The molecule has 0 aromatic heterocycles. The number of fused-ring (bicyclic) bond motifs is 1. The number of amides is 2. The average Bonchev–Trinajstić information content (AvgIpc) is 2.99. The molecule has 1 aromatic carbocycles. The van der Waals surface area contributed by atoms with Crippen LogP contribution in [0.25, 0.3) is 0 Å². The second-order valence-electron chi connectivity index (χ2n) is 5.87. The van der Waals surface area contributed by atoms with E-state index < -0.39 is 15.9 Å². The second kappa shape index (κ2) is 5.39. The van der Waals surface area contributed by atoms with Crippen LogP contribution in [0.5, 0.6) is 0 Å². The van der Waals surface area contributed by atoms with Crippen molar-refractivity contribution in [1.29, 1.82) is 0 Å². The first-order valence-electron chi connectivity index (χ1n) is 7.27. The first-order valence-corrected chi connectivity index (χ1v) is 9.09. The summed E-state index contributed by atoms with van der Waals surface area (Å²) in [6.45, 7) is 2.08. The molecule has 0 saturated carbocycles. The van der Waals surface area contributed by atoms with Crippen molar-refractivity contribution in [2.24, 2.45) is 0 Å². The van der Waals surface area contributed by atoms with Crippen LogP contribution in [0.15, 0.2) is 24.3 Å². The van der Waals surface area contributed by atoms with E-state index in [1.165, 1.54) is 4.90 Å². The SMILES string of the molecule is C[C@H](C(=O)N[C@@H]1CCS(=O)(=O)C1)N1Cc2ccccc2C1=O. The van der Waals surface area contributed by atoms with Crippen molar-refractivity contribution in [2.45, 2.75) is 32.0 Å². The van der Waals surface area contributed by atoms with Crippen molar-refractivity contribution in [3.05, 3.63) is 35.4 Å². The topological polar surface area (TPSA) is 83.6 Å². The minimum absolute atomic E-state index is 0.0143. The molecule has 0 radical (unpaired) electrons. The average molecular weight is 322 g/mol. The van der Waals surface area contributed by atoms with Gasteiger partial charge in [0.2, 0.25) is 5.91 Å². The van der Waals surface area contributed by atoms with Gasteiger partial charge in [-0.05, 0) is 25.0 Å². The van der Waals surface area contributed by atoms with E-state index in [-0.39, 0.29) is 29.4 Å². The maximum absolute atomic E-state index is 12.3. The van der Waals surface area contributed by atoms with Gasteiger partial charge in [-0.3, -0.25) is 9.59 Å². The second-order valence-corrected chi connectivity index (χ2v) is 8.10. The Morgan fingerprint density at radius 1 is 1.36 bits per heavy atom. The monoisotopic (exact) mass is 322 g/mol. The van der Waals surface area contributed by atoms with E-state index in [1.807, 2.05) is 12.1 Å². The lowest BCUT2D eigenvalue weighted by Crippen LogP contribution is -2.48. The van der Waals surface area contributed by atoms with Crippen LogP contribution >= 0.6 is 0 Å². The third kappa shape index (κ3) is 2.72. The van der Waals surface area contributed by atoms with Crippen LogP contribution in [0.2, 0.25) is 0 Å². The van der Waals surface area contributed by atoms with Crippen LogP contribution < -0.4 is 5.32 Å². The molecular formula is C15H18N2O4S. The van der Waals surface area contributed by atoms with Gasteiger partial charge < -0.3 is 10.2 Å². The molecule has 0 unspecified atom stereocenters. The highest BCUT2D eigenvalue weighted by molar-refractivity contribution is 7.91. The smallest absolute Gasteiger partial charge is 0.255 e. The Balaban J connectivity index is 1.66. The lowest BCUT2D eigenvalue weighted by molar-refractivity contribution is -0.125. The van der Waals surface area contributed by atoms with E-state index in [0.717, 1.165) is 5.56 Å². The molecule has 1 N–H and O–H groups in total. The molecule has 1 saturated heterocycles. The fraction of sp³-hybridized carbons (Fsp3) is 0.467. The largest absolute Gasteiger partial charge is 0.351 e. The molecule has 0 bridgehead atoms. The van der Waals surface area contributed by atoms with Crippen molar-refractivity contribution >= 4 is 21.7 Å². The van der Waals surface area contributed by atoms with Crippen LogP contribution in [-0.2, 0) is 21.2 Å². The highest BCUT2D eigenvalue weighted by Crippen LogP contribution is 2.24. The predicted octanol–water partition coefficient (Wildman–Crippen LogP) is 0.334. The van der Waals surface area contributed by atoms with E-state index >= 15 is 0 Å². The van der Waals surface area contributed by atoms with Gasteiger partial charge in [-0.25, -0.2) is 8.42 Å². The summed E-state index contributed by atoms with van der Waals surface area (Å²) in [5.41, 5.74) is 1.54. The van der Waals surface area contributed by atoms with Crippen LogP contribution in [0.3, 0.4) is 0 Å². The summed E-state index contributed by atoms with van der Waals surface area (Å²) in [6.07, 6.45) is 0.439. The maximum atomic E-state index is 12.3. The summed E-state index contributed by atoms with van der Waals surface area (Å²) < 4.78 is 22.9. The normalized spacial score (nSPS) is 24.1. The Morgan fingerprint density at radius 2 is 2.09 bits per heavy atom. The first-order chi connectivity index (χ1) is 10.4. The van der Waals surface area contributed by atoms with Gasteiger partial charge in [0, 0.05) is 18.2 Å². The summed E-state index contributed by atoms with van der Waals surface area (Å²) in [5.74, 6) is -0.361. The number of hydrogen-bond donors (Lipinski definition) is 1. The molecule has 118 valence electrons. The number of nitrogens with zero attached hydrogens (tertiary/aromatic N) is 1. The van der Waals surface area contributed by atoms with Crippen LogP contribution in [0.1, 0.15) is 29.3 Å². The van der Waals surface area contributed by atoms with Gasteiger partial charge in [-0.1, -0.05) is 18.2 Å². The third-order valence-corrected chi connectivity index (χ3v) is 6.04. The summed E-state index contributed by atoms with van der Waals surface area (Å²) in [5, 5.41) is 2.75. The highest BCUT2D eigenvalue weighted by atomic mass is 32.2. The van der Waals surface area contributed by atoms with Crippen molar-refractivity contribution in [1.82, 2.24) is 10.2 Å². The standard InChI is InChI=1S/C15H18N2O4S/c1-10(14(18)16-12-6-7-22(20,21)9-12)17-8-11-4-2-3-5-13(11)15(17)19/h2-5,10,12H,6-9H2,1H3,(H,16,18)/t10-,12-/m1/s1. The van der Waals surface area contributed by atoms with Gasteiger partial charge >= 0.3 is 0 Å². The fourth-order valence-electron chi connectivity index (χ4n) is 2.96. The number of rotatable bonds is 3. The van der Waals surface area contributed by atoms with Crippen LogP contribution in [0.4, 0.5) is 0 Å². The molecule has 1 aromatic rings. The van der Waals surface area contributed by atoms with E-state index in [9.17, 15) is 18.0 Å². The molecule has 1 fully saturated rings. The molecule has 2 atom stereocenters. The Bertz CT molecular complexity index is 729. The minimum atomic E-state index is -3.04. The molecule has 2 aliphatic rings. The maximum Gasteiger partial charge on any atom is 0.255 e. The molecule has 0 aliphatic carbocycles. The number of carbonyl (C=O) groups is 2.